The van der Waals surface area contributed by atoms with Gasteiger partial charge in [-0.25, -0.2) is 0 Å². The second-order valence-corrected chi connectivity index (χ2v) is 3.19. The molecule has 2 heteroatoms. The quantitative estimate of drug-likeness (QED) is 0.696. The number of benzene rings is 1. The maximum Gasteiger partial charge on any atom is 0.0489 e. The summed E-state index contributed by atoms with van der Waals surface area (Å²) < 4.78 is 0. The zero-order valence-corrected chi connectivity index (χ0v) is 7.91. The first-order valence-electron chi connectivity index (χ1n) is 4.42. The number of aliphatic carboxylic acids is 1. The molecule has 0 saturated heterocycles. The van der Waals surface area contributed by atoms with Gasteiger partial charge in [0.2, 0.25) is 0 Å². The van der Waals surface area contributed by atoms with E-state index in [4.69, 9.17) is 0 Å². The molecule has 13 heavy (non-hydrogen) atoms. The highest BCUT2D eigenvalue weighted by Crippen LogP contribution is 2.18. The van der Waals surface area contributed by atoms with Gasteiger partial charge in [0, 0.05) is 11.9 Å². The minimum absolute atomic E-state index is 0.472. The maximum absolute atomic E-state index is 10.7. The van der Waals surface area contributed by atoms with Gasteiger partial charge >= 0.3 is 0 Å². The van der Waals surface area contributed by atoms with Gasteiger partial charge in [-0.1, -0.05) is 36.8 Å². The molecule has 0 spiro atoms. The van der Waals surface area contributed by atoms with E-state index in [2.05, 4.69) is 0 Å². The molecule has 2 nitrogen and oxygen atoms in total. The molecule has 1 atom stereocenters. The third-order valence-corrected chi connectivity index (χ3v) is 2.17. The van der Waals surface area contributed by atoms with Crippen molar-refractivity contribution >= 4 is 5.97 Å². The largest absolute Gasteiger partial charge is 0.549 e. The fraction of sp³-hybridized carbons (Fsp3) is 0.364. The molecule has 1 aromatic carbocycles. The van der Waals surface area contributed by atoms with E-state index in [9.17, 15) is 9.90 Å². The molecule has 0 heterocycles. The van der Waals surface area contributed by atoms with Gasteiger partial charge in [0.05, 0.1) is 0 Å². The Morgan fingerprint density at radius 3 is 2.31 bits per heavy atom. The van der Waals surface area contributed by atoms with Crippen molar-refractivity contribution in [3.63, 3.8) is 0 Å². The number of carbonyl (C=O) groups excluding carboxylic acids is 1. The molecule has 0 aliphatic carbocycles. The molecule has 1 aromatic rings. The van der Waals surface area contributed by atoms with Crippen LogP contribution in [0.25, 0.3) is 0 Å². The summed E-state index contributed by atoms with van der Waals surface area (Å²) in [5, 5.41) is 10.7. The van der Waals surface area contributed by atoms with Crippen LogP contribution < -0.4 is 5.11 Å². The number of aryl methyl sites for hydroxylation is 1. The summed E-state index contributed by atoms with van der Waals surface area (Å²) in [5.74, 6) is -1.47. The van der Waals surface area contributed by atoms with Gasteiger partial charge < -0.3 is 9.90 Å². The zero-order valence-electron chi connectivity index (χ0n) is 7.91. The lowest BCUT2D eigenvalue weighted by atomic mass is 9.96. The van der Waals surface area contributed by atoms with Crippen LogP contribution in [0.5, 0.6) is 0 Å². The first-order valence-corrected chi connectivity index (χ1v) is 4.42. The smallest absolute Gasteiger partial charge is 0.0489 e. The summed E-state index contributed by atoms with van der Waals surface area (Å²) in [4.78, 5) is 10.7. The van der Waals surface area contributed by atoms with Crippen LogP contribution in [-0.2, 0) is 4.79 Å². The monoisotopic (exact) mass is 177 g/mol. The Balaban J connectivity index is 2.92. The van der Waals surface area contributed by atoms with Crippen LogP contribution in [0.4, 0.5) is 0 Å². The number of carboxylic acid groups (broad SMARTS) is 1. The van der Waals surface area contributed by atoms with E-state index < -0.39 is 11.9 Å². The second kappa shape index (κ2) is 4.08. The van der Waals surface area contributed by atoms with Crippen LogP contribution in [0.15, 0.2) is 24.3 Å². The molecule has 0 bridgehead atoms. The van der Waals surface area contributed by atoms with Crippen LogP contribution in [0.2, 0.25) is 0 Å². The standard InChI is InChI=1S/C11H14O2/c1-3-10(11(12)13)9-6-4-8(2)5-7-9/h4-7,10H,3H2,1-2H3,(H,12,13)/p-1/t10-/m1/s1. The molecule has 0 aliphatic heterocycles. The lowest BCUT2D eigenvalue weighted by Crippen LogP contribution is -2.29. The van der Waals surface area contributed by atoms with Crippen LogP contribution >= 0.6 is 0 Å². The molecule has 0 radical (unpaired) electrons. The van der Waals surface area contributed by atoms with Crippen molar-refractivity contribution in [1.82, 2.24) is 0 Å². The number of carboxylic acids is 1. The fourth-order valence-electron chi connectivity index (χ4n) is 1.34. The lowest BCUT2D eigenvalue weighted by molar-refractivity contribution is -0.308. The van der Waals surface area contributed by atoms with Gasteiger partial charge in [-0.05, 0) is 18.9 Å². The number of hydrogen-bond donors (Lipinski definition) is 0. The van der Waals surface area contributed by atoms with Crippen molar-refractivity contribution in [2.45, 2.75) is 26.2 Å². The van der Waals surface area contributed by atoms with Crippen LogP contribution in [-0.4, -0.2) is 5.97 Å². The molecule has 0 saturated carbocycles. The Morgan fingerprint density at radius 1 is 1.38 bits per heavy atom. The van der Waals surface area contributed by atoms with Crippen molar-refractivity contribution in [2.24, 2.45) is 0 Å². The Labute approximate surface area is 78.2 Å². The minimum Gasteiger partial charge on any atom is -0.549 e. The van der Waals surface area contributed by atoms with E-state index in [0.717, 1.165) is 11.1 Å². The summed E-state index contributed by atoms with van der Waals surface area (Å²) >= 11 is 0. The molecule has 0 amide bonds. The van der Waals surface area contributed by atoms with Crippen molar-refractivity contribution in [2.75, 3.05) is 0 Å². The molecular formula is C11H13O2-. The molecule has 0 aliphatic rings. The Morgan fingerprint density at radius 2 is 1.92 bits per heavy atom. The fourth-order valence-corrected chi connectivity index (χ4v) is 1.34. The average molecular weight is 177 g/mol. The topological polar surface area (TPSA) is 40.1 Å². The first kappa shape index (κ1) is 9.78. The molecule has 1 rings (SSSR count). The predicted molar refractivity (Wildman–Crippen MR) is 49.2 cm³/mol. The minimum atomic E-state index is -0.994. The zero-order chi connectivity index (χ0) is 9.84. The van der Waals surface area contributed by atoms with Crippen molar-refractivity contribution in [3.8, 4) is 0 Å². The van der Waals surface area contributed by atoms with Gasteiger partial charge in [-0.15, -0.1) is 0 Å². The molecule has 0 N–H and O–H groups in total. The van der Waals surface area contributed by atoms with E-state index in [-0.39, 0.29) is 0 Å². The third kappa shape index (κ3) is 2.31. The maximum atomic E-state index is 10.7. The summed E-state index contributed by atoms with van der Waals surface area (Å²) in [6.07, 6.45) is 0.575. The number of carbonyl (C=O) groups is 1. The second-order valence-electron chi connectivity index (χ2n) is 3.19. The number of rotatable bonds is 3. The van der Waals surface area contributed by atoms with E-state index in [0.29, 0.717) is 6.42 Å². The highest BCUT2D eigenvalue weighted by Gasteiger charge is 2.09. The highest BCUT2D eigenvalue weighted by atomic mass is 16.4. The van der Waals surface area contributed by atoms with Crippen LogP contribution in [0.1, 0.15) is 30.4 Å². The summed E-state index contributed by atoms with van der Waals surface area (Å²) in [7, 11) is 0. The van der Waals surface area contributed by atoms with Crippen molar-refractivity contribution < 1.29 is 9.90 Å². The highest BCUT2D eigenvalue weighted by molar-refractivity contribution is 5.73. The SMILES string of the molecule is CC[C@@H](C(=O)[O-])c1ccc(C)cc1. The van der Waals surface area contributed by atoms with Crippen LogP contribution in [0.3, 0.4) is 0 Å². The summed E-state index contributed by atoms with van der Waals surface area (Å²) in [6.45, 7) is 3.82. The molecule has 0 unspecified atom stereocenters. The molecule has 0 fully saturated rings. The Bertz CT molecular complexity index is 287. The van der Waals surface area contributed by atoms with Gasteiger partial charge in [0.15, 0.2) is 0 Å². The Hall–Kier alpha value is -1.31. The predicted octanol–water partition coefficient (Wildman–Crippen LogP) is 1.24. The van der Waals surface area contributed by atoms with Crippen LogP contribution in [0, 0.1) is 6.92 Å². The van der Waals surface area contributed by atoms with E-state index in [1.807, 2.05) is 38.1 Å². The van der Waals surface area contributed by atoms with Gasteiger partial charge in [0.1, 0.15) is 0 Å². The number of hydrogen-bond acceptors (Lipinski definition) is 2. The molecular weight excluding hydrogens is 164 g/mol. The molecule has 70 valence electrons. The summed E-state index contributed by atoms with van der Waals surface area (Å²) in [6, 6.07) is 7.53. The van der Waals surface area contributed by atoms with Crippen molar-refractivity contribution in [3.05, 3.63) is 35.4 Å². The lowest BCUT2D eigenvalue weighted by Gasteiger charge is -2.16. The van der Waals surface area contributed by atoms with Gasteiger partial charge in [-0.2, -0.15) is 0 Å². The first-order chi connectivity index (χ1) is 6.15. The third-order valence-electron chi connectivity index (χ3n) is 2.17. The Kier molecular flexibility index (Phi) is 3.07. The van der Waals surface area contributed by atoms with Gasteiger partial charge in [0.25, 0.3) is 0 Å². The van der Waals surface area contributed by atoms with Gasteiger partial charge in [-0.3, -0.25) is 0 Å². The normalized spacial score (nSPS) is 12.5. The van der Waals surface area contributed by atoms with E-state index >= 15 is 0 Å². The molecule has 0 aromatic heterocycles. The average Bonchev–Trinajstić information content (AvgIpc) is 2.09. The van der Waals surface area contributed by atoms with E-state index in [1.54, 1.807) is 0 Å². The van der Waals surface area contributed by atoms with E-state index in [1.165, 1.54) is 0 Å². The van der Waals surface area contributed by atoms with Crippen molar-refractivity contribution in [1.29, 1.82) is 0 Å². The summed E-state index contributed by atoms with van der Waals surface area (Å²) in [5.41, 5.74) is 1.96.